The molecule has 176 valence electrons. The van der Waals surface area contributed by atoms with E-state index in [1.807, 2.05) is 55.5 Å². The summed E-state index contributed by atoms with van der Waals surface area (Å²) in [6.07, 6.45) is -0.434. The van der Waals surface area contributed by atoms with Crippen LogP contribution < -0.4 is 20.7 Å². The van der Waals surface area contributed by atoms with Crippen molar-refractivity contribution < 1.29 is 14.2 Å². The van der Waals surface area contributed by atoms with Crippen molar-refractivity contribution in [2.24, 2.45) is 14.1 Å². The highest BCUT2D eigenvalue weighted by Gasteiger charge is 2.33. The molecule has 2 aromatic heterocycles. The lowest BCUT2D eigenvalue weighted by molar-refractivity contribution is 0.0478. The molecule has 34 heavy (non-hydrogen) atoms. The summed E-state index contributed by atoms with van der Waals surface area (Å²) in [5.74, 6) is 1.51. The maximum atomic E-state index is 13.5. The summed E-state index contributed by atoms with van der Waals surface area (Å²) in [5, 5.41) is 0.506. The highest BCUT2D eigenvalue weighted by Crippen LogP contribution is 2.41. The molecular weight excluding hydrogens is 434 g/mol. The topological polar surface area (TPSA) is 76.6 Å². The van der Waals surface area contributed by atoms with Gasteiger partial charge in [-0.3, -0.25) is 13.9 Å². The highest BCUT2D eigenvalue weighted by molar-refractivity contribution is 5.96. The Labute approximate surface area is 196 Å². The molecule has 3 heterocycles. The molecule has 1 atom stereocenters. The average molecular weight is 462 g/mol. The van der Waals surface area contributed by atoms with Gasteiger partial charge < -0.3 is 18.8 Å². The van der Waals surface area contributed by atoms with E-state index in [-0.39, 0.29) is 11.2 Å². The van der Waals surface area contributed by atoms with Gasteiger partial charge in [-0.05, 0) is 54.4 Å². The SMILES string of the molecule is CCOc1ccc(C2OCCn3c(-c4ccc(OC)cc4)c4c(=O)n(C)c(=O)n(C)c4c32)cc1. The molecule has 0 N–H and O–H groups in total. The van der Waals surface area contributed by atoms with Crippen molar-refractivity contribution in [1.29, 1.82) is 0 Å². The number of ether oxygens (including phenoxy) is 3. The third kappa shape index (κ3) is 3.33. The van der Waals surface area contributed by atoms with Gasteiger partial charge in [0.15, 0.2) is 0 Å². The third-order valence-corrected chi connectivity index (χ3v) is 6.41. The molecule has 0 amide bonds. The maximum absolute atomic E-state index is 13.5. The predicted octanol–water partition coefficient (Wildman–Crippen LogP) is 3.23. The van der Waals surface area contributed by atoms with Crippen molar-refractivity contribution >= 4 is 10.9 Å². The first kappa shape index (κ1) is 22.0. The Morgan fingerprint density at radius 2 is 1.65 bits per heavy atom. The molecule has 0 saturated heterocycles. The van der Waals surface area contributed by atoms with Crippen LogP contribution >= 0.6 is 0 Å². The number of fused-ring (bicyclic) bond motifs is 3. The van der Waals surface area contributed by atoms with Crippen LogP contribution in [0.3, 0.4) is 0 Å². The van der Waals surface area contributed by atoms with Crippen LogP contribution in [0.4, 0.5) is 0 Å². The standard InChI is InChI=1S/C26H27N3O5/c1-5-33-19-12-8-17(9-13-19)24-23-22-20(25(30)28(3)26(31)27(22)2)21(29(23)14-15-34-24)16-6-10-18(32-4)11-7-16/h6-13,24H,5,14-15H2,1-4H3. The van der Waals surface area contributed by atoms with Gasteiger partial charge in [0.05, 0.1) is 42.6 Å². The first-order chi connectivity index (χ1) is 16.5. The third-order valence-electron chi connectivity index (χ3n) is 6.41. The quantitative estimate of drug-likeness (QED) is 0.456. The first-order valence-electron chi connectivity index (χ1n) is 11.3. The van der Waals surface area contributed by atoms with Gasteiger partial charge in [-0.2, -0.15) is 0 Å². The van der Waals surface area contributed by atoms with Crippen molar-refractivity contribution in [3.05, 3.63) is 80.6 Å². The van der Waals surface area contributed by atoms with E-state index in [2.05, 4.69) is 4.57 Å². The second kappa shape index (κ2) is 8.53. The van der Waals surface area contributed by atoms with Gasteiger partial charge in [0, 0.05) is 20.6 Å². The number of aryl methyl sites for hydroxylation is 1. The number of hydrogen-bond acceptors (Lipinski definition) is 5. The predicted molar refractivity (Wildman–Crippen MR) is 130 cm³/mol. The Morgan fingerprint density at radius 1 is 0.971 bits per heavy atom. The number of methoxy groups -OCH3 is 1. The van der Waals surface area contributed by atoms with Gasteiger partial charge in [0.25, 0.3) is 5.56 Å². The fourth-order valence-electron chi connectivity index (χ4n) is 4.79. The van der Waals surface area contributed by atoms with E-state index in [1.54, 1.807) is 18.7 Å². The molecule has 1 unspecified atom stereocenters. The van der Waals surface area contributed by atoms with Crippen molar-refractivity contribution in [2.45, 2.75) is 19.6 Å². The molecule has 0 fully saturated rings. The summed E-state index contributed by atoms with van der Waals surface area (Å²) in [4.78, 5) is 26.4. The van der Waals surface area contributed by atoms with Crippen LogP contribution in [0.25, 0.3) is 22.2 Å². The smallest absolute Gasteiger partial charge is 0.331 e. The van der Waals surface area contributed by atoms with E-state index in [9.17, 15) is 9.59 Å². The second-order valence-corrected chi connectivity index (χ2v) is 8.30. The van der Waals surface area contributed by atoms with Crippen LogP contribution in [0.15, 0.2) is 58.1 Å². The minimum absolute atomic E-state index is 0.323. The van der Waals surface area contributed by atoms with Gasteiger partial charge in [-0.15, -0.1) is 0 Å². The van der Waals surface area contributed by atoms with Crippen molar-refractivity contribution in [1.82, 2.24) is 13.7 Å². The summed E-state index contributed by atoms with van der Waals surface area (Å²) < 4.78 is 22.0. The molecule has 2 aromatic carbocycles. The fourth-order valence-corrected chi connectivity index (χ4v) is 4.79. The Hall–Kier alpha value is -3.78. The minimum atomic E-state index is -0.434. The average Bonchev–Trinajstić information content (AvgIpc) is 3.22. The molecular formula is C26H27N3O5. The van der Waals surface area contributed by atoms with Gasteiger partial charge in [0.2, 0.25) is 0 Å². The van der Waals surface area contributed by atoms with E-state index in [4.69, 9.17) is 14.2 Å². The number of nitrogens with zero attached hydrogens (tertiary/aromatic N) is 3. The van der Waals surface area contributed by atoms with E-state index >= 15 is 0 Å². The maximum Gasteiger partial charge on any atom is 0.331 e. The molecule has 8 heteroatoms. The van der Waals surface area contributed by atoms with Crippen molar-refractivity contribution in [3.8, 4) is 22.8 Å². The summed E-state index contributed by atoms with van der Waals surface area (Å²) >= 11 is 0. The number of benzene rings is 2. The molecule has 0 radical (unpaired) electrons. The molecule has 1 aliphatic rings. The minimum Gasteiger partial charge on any atom is -0.497 e. The molecule has 0 aliphatic carbocycles. The number of rotatable bonds is 5. The zero-order valence-electron chi connectivity index (χ0n) is 19.7. The van der Waals surface area contributed by atoms with Crippen LogP contribution in [0, 0.1) is 0 Å². The van der Waals surface area contributed by atoms with E-state index in [1.165, 1.54) is 7.05 Å². The lowest BCUT2D eigenvalue weighted by Gasteiger charge is -2.28. The zero-order chi connectivity index (χ0) is 24.0. The largest absolute Gasteiger partial charge is 0.497 e. The van der Waals surface area contributed by atoms with Gasteiger partial charge in [-0.25, -0.2) is 4.79 Å². The monoisotopic (exact) mass is 461 g/mol. The molecule has 8 nitrogen and oxygen atoms in total. The van der Waals surface area contributed by atoms with Crippen molar-refractivity contribution in [2.75, 3.05) is 20.3 Å². The van der Waals surface area contributed by atoms with Crippen LogP contribution in [0.2, 0.25) is 0 Å². The van der Waals surface area contributed by atoms with E-state index < -0.39 is 6.10 Å². The van der Waals surface area contributed by atoms with E-state index in [0.717, 1.165) is 38.6 Å². The highest BCUT2D eigenvalue weighted by atomic mass is 16.5. The lowest BCUT2D eigenvalue weighted by Crippen LogP contribution is -2.37. The molecule has 5 rings (SSSR count). The van der Waals surface area contributed by atoms with Crippen LogP contribution in [-0.4, -0.2) is 34.0 Å². The van der Waals surface area contributed by atoms with Gasteiger partial charge >= 0.3 is 5.69 Å². The molecule has 0 spiro atoms. The van der Waals surface area contributed by atoms with Gasteiger partial charge in [-0.1, -0.05) is 12.1 Å². The van der Waals surface area contributed by atoms with Crippen LogP contribution in [0.5, 0.6) is 11.5 Å². The molecule has 0 saturated carbocycles. The molecule has 1 aliphatic heterocycles. The van der Waals surface area contributed by atoms with Gasteiger partial charge in [0.1, 0.15) is 17.6 Å². The molecule has 0 bridgehead atoms. The Kier molecular flexibility index (Phi) is 5.53. The van der Waals surface area contributed by atoms with Crippen LogP contribution in [0.1, 0.15) is 24.3 Å². The summed E-state index contributed by atoms with van der Waals surface area (Å²) in [6.45, 7) is 3.57. The lowest BCUT2D eigenvalue weighted by atomic mass is 10.0. The number of hydrogen-bond donors (Lipinski definition) is 0. The fraction of sp³-hybridized carbons (Fsp3) is 0.308. The first-order valence-corrected chi connectivity index (χ1v) is 11.3. The zero-order valence-corrected chi connectivity index (χ0v) is 19.7. The number of aromatic nitrogens is 3. The Bertz CT molecular complexity index is 1480. The Balaban J connectivity index is 1.82. The van der Waals surface area contributed by atoms with Crippen molar-refractivity contribution in [3.63, 3.8) is 0 Å². The Morgan fingerprint density at radius 3 is 2.29 bits per heavy atom. The molecule has 4 aromatic rings. The summed E-state index contributed by atoms with van der Waals surface area (Å²) in [7, 11) is 4.83. The van der Waals surface area contributed by atoms with E-state index in [0.29, 0.717) is 30.7 Å². The summed E-state index contributed by atoms with van der Waals surface area (Å²) in [6, 6.07) is 15.4. The summed E-state index contributed by atoms with van der Waals surface area (Å²) in [5.41, 5.74) is 3.28. The second-order valence-electron chi connectivity index (χ2n) is 8.30. The normalized spacial score (nSPS) is 15.4. The van der Waals surface area contributed by atoms with Crippen LogP contribution in [-0.2, 0) is 25.4 Å².